The zero-order chi connectivity index (χ0) is 17.2. The summed E-state index contributed by atoms with van der Waals surface area (Å²) in [5, 5.41) is 12.0. The summed E-state index contributed by atoms with van der Waals surface area (Å²) in [6.07, 6.45) is -0.535. The molecule has 1 unspecified atom stereocenters. The highest BCUT2D eigenvalue weighted by molar-refractivity contribution is 5.55. The van der Waals surface area contributed by atoms with Crippen molar-refractivity contribution in [1.82, 2.24) is 9.97 Å². The van der Waals surface area contributed by atoms with Crippen LogP contribution in [0.4, 0.5) is 24.8 Å². The molecule has 1 aliphatic rings. The lowest BCUT2D eigenvalue weighted by Gasteiger charge is -2.21. The number of rotatable bonds is 3. The van der Waals surface area contributed by atoms with Crippen molar-refractivity contribution >= 4 is 11.6 Å². The molecule has 0 saturated carbocycles. The fourth-order valence-electron chi connectivity index (χ4n) is 2.73. The van der Waals surface area contributed by atoms with Crippen LogP contribution < -0.4 is 10.2 Å². The monoisotopic (exact) mass is 333 g/mol. The fourth-order valence-corrected chi connectivity index (χ4v) is 2.73. The zero-order valence-electron chi connectivity index (χ0n) is 12.6. The van der Waals surface area contributed by atoms with Crippen LogP contribution in [-0.4, -0.2) is 29.1 Å². The van der Waals surface area contributed by atoms with Crippen LogP contribution in [0, 0.1) is 11.3 Å². The molecule has 1 fully saturated rings. The zero-order valence-corrected chi connectivity index (χ0v) is 12.6. The maximum Gasteiger partial charge on any atom is 0.417 e. The summed E-state index contributed by atoms with van der Waals surface area (Å²) in [7, 11) is 0. The highest BCUT2D eigenvalue weighted by Gasteiger charge is 2.34. The second kappa shape index (κ2) is 6.35. The smallest absolute Gasteiger partial charge is 0.369 e. The van der Waals surface area contributed by atoms with Gasteiger partial charge in [0.15, 0.2) is 0 Å². The third-order valence-corrected chi connectivity index (χ3v) is 3.88. The third-order valence-electron chi connectivity index (χ3n) is 3.88. The van der Waals surface area contributed by atoms with E-state index in [2.05, 4.69) is 15.3 Å². The lowest BCUT2D eigenvalue weighted by Crippen LogP contribution is -2.27. The molecule has 0 bridgehead atoms. The molecular formula is C16H14F3N5. The summed E-state index contributed by atoms with van der Waals surface area (Å²) in [4.78, 5) is 10.0. The van der Waals surface area contributed by atoms with Gasteiger partial charge in [-0.3, -0.25) is 0 Å². The molecule has 3 rings (SSSR count). The molecule has 0 radical (unpaired) electrons. The Labute approximate surface area is 136 Å². The van der Waals surface area contributed by atoms with Crippen molar-refractivity contribution in [3.63, 3.8) is 0 Å². The van der Waals surface area contributed by atoms with Crippen LogP contribution in [0.5, 0.6) is 0 Å². The molecular weight excluding hydrogens is 319 g/mol. The maximum atomic E-state index is 13.1. The molecule has 24 heavy (non-hydrogen) atoms. The van der Waals surface area contributed by atoms with E-state index in [-0.39, 0.29) is 11.6 Å². The Morgan fingerprint density at radius 2 is 2.00 bits per heavy atom. The highest BCUT2D eigenvalue weighted by Crippen LogP contribution is 2.35. The number of nitrogens with one attached hydrogen (secondary N) is 1. The first kappa shape index (κ1) is 16.1. The molecule has 1 aliphatic heterocycles. The van der Waals surface area contributed by atoms with Gasteiger partial charge in [0.05, 0.1) is 17.2 Å². The number of anilines is 2. The van der Waals surface area contributed by atoms with Gasteiger partial charge in [-0.15, -0.1) is 0 Å². The van der Waals surface area contributed by atoms with E-state index in [4.69, 9.17) is 5.26 Å². The summed E-state index contributed by atoms with van der Waals surface area (Å²) in [6, 6.07) is 7.17. The molecule has 1 aromatic heterocycles. The predicted octanol–water partition coefficient (Wildman–Crippen LogP) is 3.06. The average Bonchev–Trinajstić information content (AvgIpc) is 3.03. The van der Waals surface area contributed by atoms with Crippen molar-refractivity contribution in [2.45, 2.75) is 18.6 Å². The van der Waals surface area contributed by atoms with Gasteiger partial charge < -0.3 is 10.2 Å². The molecule has 0 spiro atoms. The minimum absolute atomic E-state index is 0.0531. The molecule has 1 atom stereocenters. The number of alkyl halides is 3. The SMILES string of the molecule is N#Cc1ccc(N2CCC(Nc3ncccn3)C2)cc1C(F)(F)F. The minimum Gasteiger partial charge on any atom is -0.369 e. The molecule has 2 aromatic rings. The van der Waals surface area contributed by atoms with Crippen LogP contribution in [0.1, 0.15) is 17.5 Å². The van der Waals surface area contributed by atoms with Crippen LogP contribution in [0.2, 0.25) is 0 Å². The van der Waals surface area contributed by atoms with Crippen molar-refractivity contribution < 1.29 is 13.2 Å². The standard InChI is InChI=1S/C16H14F3N5/c17-16(18,19)14-8-13(3-2-11(14)9-20)24-7-4-12(10-24)23-15-21-5-1-6-22-15/h1-3,5-6,8,12H,4,7,10H2,(H,21,22,23). The maximum absolute atomic E-state index is 13.1. The largest absolute Gasteiger partial charge is 0.417 e. The van der Waals surface area contributed by atoms with Gasteiger partial charge in [0.25, 0.3) is 0 Å². The Hall–Kier alpha value is -2.82. The van der Waals surface area contributed by atoms with E-state index in [1.54, 1.807) is 30.6 Å². The first-order valence-corrected chi connectivity index (χ1v) is 7.37. The first-order chi connectivity index (χ1) is 11.5. The summed E-state index contributed by atoms with van der Waals surface area (Å²) in [5.74, 6) is 0.500. The van der Waals surface area contributed by atoms with Crippen LogP contribution in [0.3, 0.4) is 0 Å². The van der Waals surface area contributed by atoms with Gasteiger partial charge >= 0.3 is 6.18 Å². The molecule has 1 N–H and O–H groups in total. The number of nitriles is 1. The normalized spacial score (nSPS) is 17.6. The van der Waals surface area contributed by atoms with E-state index in [0.717, 1.165) is 12.5 Å². The van der Waals surface area contributed by atoms with Crippen molar-refractivity contribution in [3.8, 4) is 6.07 Å². The van der Waals surface area contributed by atoms with E-state index in [1.807, 2.05) is 4.90 Å². The summed E-state index contributed by atoms with van der Waals surface area (Å²) < 4.78 is 39.2. The van der Waals surface area contributed by atoms with Gasteiger partial charge in [0, 0.05) is 37.2 Å². The Morgan fingerprint density at radius 1 is 1.25 bits per heavy atom. The number of aromatic nitrogens is 2. The highest BCUT2D eigenvalue weighted by atomic mass is 19.4. The van der Waals surface area contributed by atoms with Gasteiger partial charge in [-0.05, 0) is 30.7 Å². The average molecular weight is 333 g/mol. The third kappa shape index (κ3) is 3.40. The molecule has 1 saturated heterocycles. The summed E-state index contributed by atoms with van der Waals surface area (Å²) >= 11 is 0. The number of halogens is 3. The van der Waals surface area contributed by atoms with Crippen LogP contribution in [0.25, 0.3) is 0 Å². The van der Waals surface area contributed by atoms with Crippen LogP contribution in [0.15, 0.2) is 36.7 Å². The lowest BCUT2D eigenvalue weighted by molar-refractivity contribution is -0.137. The number of nitrogens with zero attached hydrogens (tertiary/aromatic N) is 4. The molecule has 8 heteroatoms. The Balaban J connectivity index is 1.75. The molecule has 0 amide bonds. The topological polar surface area (TPSA) is 64.8 Å². The molecule has 2 heterocycles. The van der Waals surface area contributed by atoms with Gasteiger partial charge in [-0.25, -0.2) is 9.97 Å². The van der Waals surface area contributed by atoms with E-state index in [0.29, 0.717) is 24.7 Å². The second-order valence-electron chi connectivity index (χ2n) is 5.49. The van der Waals surface area contributed by atoms with Crippen molar-refractivity contribution in [2.75, 3.05) is 23.3 Å². The van der Waals surface area contributed by atoms with E-state index >= 15 is 0 Å². The van der Waals surface area contributed by atoms with Crippen molar-refractivity contribution in [2.24, 2.45) is 0 Å². The Morgan fingerprint density at radius 3 is 2.67 bits per heavy atom. The summed E-state index contributed by atoms with van der Waals surface area (Å²) in [5.41, 5.74) is -0.803. The fraction of sp³-hybridized carbons (Fsp3) is 0.312. The Kier molecular flexibility index (Phi) is 4.25. The number of benzene rings is 1. The number of hydrogen-bond acceptors (Lipinski definition) is 5. The first-order valence-electron chi connectivity index (χ1n) is 7.37. The minimum atomic E-state index is -4.55. The van der Waals surface area contributed by atoms with Gasteiger partial charge in [0.2, 0.25) is 5.95 Å². The van der Waals surface area contributed by atoms with E-state index in [1.165, 1.54) is 6.07 Å². The predicted molar refractivity (Wildman–Crippen MR) is 82.4 cm³/mol. The molecule has 0 aliphatic carbocycles. The van der Waals surface area contributed by atoms with Crippen molar-refractivity contribution in [1.29, 1.82) is 5.26 Å². The van der Waals surface area contributed by atoms with Gasteiger partial charge in [-0.2, -0.15) is 18.4 Å². The quantitative estimate of drug-likeness (QED) is 0.935. The second-order valence-corrected chi connectivity index (χ2v) is 5.49. The van der Waals surface area contributed by atoms with E-state index in [9.17, 15) is 13.2 Å². The molecule has 5 nitrogen and oxygen atoms in total. The van der Waals surface area contributed by atoms with E-state index < -0.39 is 11.7 Å². The van der Waals surface area contributed by atoms with Gasteiger partial charge in [0.1, 0.15) is 0 Å². The lowest BCUT2D eigenvalue weighted by atomic mass is 10.1. The number of hydrogen-bond donors (Lipinski definition) is 1. The molecule has 1 aromatic carbocycles. The van der Waals surface area contributed by atoms with Crippen LogP contribution in [-0.2, 0) is 6.18 Å². The molecule has 124 valence electrons. The van der Waals surface area contributed by atoms with Crippen molar-refractivity contribution in [3.05, 3.63) is 47.8 Å². The summed E-state index contributed by atoms with van der Waals surface area (Å²) in [6.45, 7) is 1.16. The van der Waals surface area contributed by atoms with Gasteiger partial charge in [-0.1, -0.05) is 0 Å². The Bertz CT molecular complexity index is 755. The van der Waals surface area contributed by atoms with Crippen LogP contribution >= 0.6 is 0 Å².